The zero-order valence-electron chi connectivity index (χ0n) is 5.60. The normalized spacial score (nSPS) is 11.7. The molecule has 0 atom stereocenters. The first-order valence-electron chi connectivity index (χ1n) is 2.88. The van der Waals surface area contributed by atoms with Crippen LogP contribution in [-0.2, 0) is 6.18 Å². The third-order valence-corrected chi connectivity index (χ3v) is 2.18. The number of halogens is 4. The molecular weight excluding hydrogens is 286 g/mol. The number of hydrogen-bond donors (Lipinski definition) is 0. The average molecular weight is 289 g/mol. The molecule has 12 heavy (non-hydrogen) atoms. The van der Waals surface area contributed by atoms with Crippen LogP contribution in [0.5, 0.6) is 0 Å². The Balaban J connectivity index is 3.36. The van der Waals surface area contributed by atoms with Gasteiger partial charge in [0.1, 0.15) is 5.69 Å². The van der Waals surface area contributed by atoms with E-state index in [0.29, 0.717) is 2.78 Å². The van der Waals surface area contributed by atoms with E-state index in [9.17, 15) is 18.0 Å². The molecule has 0 amide bonds. The second-order valence-electron chi connectivity index (χ2n) is 2.03. The molecule has 0 aliphatic heterocycles. The molecule has 1 aromatic rings. The van der Waals surface area contributed by atoms with E-state index in [1.54, 1.807) is 0 Å². The molecule has 0 saturated carbocycles. The number of nitrogens with zero attached hydrogens (tertiary/aromatic N) is 1. The number of pyridine rings is 1. The van der Waals surface area contributed by atoms with Crippen molar-refractivity contribution in [1.29, 1.82) is 0 Å². The van der Waals surface area contributed by atoms with Crippen molar-refractivity contribution in [3.8, 4) is 0 Å². The standard InChI is InChI=1S/C6H3F3INO/c7-6(8,9)4-2-1-3-5(12)11(4)10/h1-3H. The van der Waals surface area contributed by atoms with Crippen molar-refractivity contribution in [2.75, 3.05) is 0 Å². The molecule has 0 bridgehead atoms. The fourth-order valence-electron chi connectivity index (χ4n) is 0.677. The summed E-state index contributed by atoms with van der Waals surface area (Å²) in [5.41, 5.74) is -1.62. The van der Waals surface area contributed by atoms with E-state index in [2.05, 4.69) is 0 Å². The Bertz CT molecular complexity index is 343. The zero-order valence-corrected chi connectivity index (χ0v) is 7.76. The Morgan fingerprint density at radius 1 is 1.33 bits per heavy atom. The molecule has 0 spiro atoms. The predicted molar refractivity (Wildman–Crippen MR) is 45.1 cm³/mol. The van der Waals surface area contributed by atoms with Crippen molar-refractivity contribution in [1.82, 2.24) is 2.78 Å². The highest BCUT2D eigenvalue weighted by Gasteiger charge is 2.33. The van der Waals surface area contributed by atoms with Gasteiger partial charge in [-0.3, -0.25) is 4.79 Å². The number of alkyl halides is 3. The molecule has 1 heterocycles. The highest BCUT2D eigenvalue weighted by atomic mass is 127. The molecular formula is C6H3F3INO. The van der Waals surface area contributed by atoms with Crippen molar-refractivity contribution in [2.24, 2.45) is 0 Å². The minimum absolute atomic E-state index is 0.539. The largest absolute Gasteiger partial charge is 0.432 e. The maximum Gasteiger partial charge on any atom is 0.432 e. The first-order valence-corrected chi connectivity index (χ1v) is 3.85. The van der Waals surface area contributed by atoms with Crippen molar-refractivity contribution in [3.05, 3.63) is 34.2 Å². The minimum Gasteiger partial charge on any atom is -0.269 e. The van der Waals surface area contributed by atoms with Crippen LogP contribution in [0.3, 0.4) is 0 Å². The summed E-state index contributed by atoms with van der Waals surface area (Å²) in [5.74, 6) is 0. The van der Waals surface area contributed by atoms with Crippen LogP contribution in [0.1, 0.15) is 5.69 Å². The van der Waals surface area contributed by atoms with E-state index in [4.69, 9.17) is 0 Å². The third kappa shape index (κ3) is 1.79. The Kier molecular flexibility index (Phi) is 2.45. The van der Waals surface area contributed by atoms with Crippen LogP contribution in [0.25, 0.3) is 0 Å². The minimum atomic E-state index is -4.47. The summed E-state index contributed by atoms with van der Waals surface area (Å²) < 4.78 is 36.7. The molecule has 1 rings (SSSR count). The van der Waals surface area contributed by atoms with Gasteiger partial charge in [-0.05, 0) is 6.07 Å². The zero-order chi connectivity index (χ0) is 9.35. The van der Waals surface area contributed by atoms with Crippen molar-refractivity contribution in [2.45, 2.75) is 6.18 Å². The number of hydrogen-bond acceptors (Lipinski definition) is 1. The quantitative estimate of drug-likeness (QED) is 0.670. The monoisotopic (exact) mass is 289 g/mol. The summed E-state index contributed by atoms with van der Waals surface area (Å²) in [7, 11) is 0. The van der Waals surface area contributed by atoms with Crippen LogP contribution in [-0.4, -0.2) is 2.78 Å². The van der Waals surface area contributed by atoms with E-state index >= 15 is 0 Å². The van der Waals surface area contributed by atoms with Crippen LogP contribution in [0, 0.1) is 0 Å². The molecule has 0 saturated heterocycles. The first-order chi connectivity index (χ1) is 5.43. The Labute approximate surface area is 79.5 Å². The average Bonchev–Trinajstić information content (AvgIpc) is 1.92. The lowest BCUT2D eigenvalue weighted by molar-refractivity contribution is -0.141. The SMILES string of the molecule is O=c1cccc(C(F)(F)F)n1I. The van der Waals surface area contributed by atoms with Crippen molar-refractivity contribution >= 4 is 22.9 Å². The topological polar surface area (TPSA) is 22.0 Å². The summed E-state index contributed by atoms with van der Waals surface area (Å²) in [6.45, 7) is 0. The molecule has 0 unspecified atom stereocenters. The summed E-state index contributed by atoms with van der Waals surface area (Å²) in [5, 5.41) is 0. The molecule has 0 aliphatic carbocycles. The summed E-state index contributed by atoms with van der Waals surface area (Å²) in [6, 6.07) is 3.01. The summed E-state index contributed by atoms with van der Waals surface area (Å²) in [4.78, 5) is 10.7. The summed E-state index contributed by atoms with van der Waals surface area (Å²) >= 11 is 1.31. The van der Waals surface area contributed by atoms with Gasteiger partial charge in [0.15, 0.2) is 0 Å². The fraction of sp³-hybridized carbons (Fsp3) is 0.167. The maximum absolute atomic E-state index is 12.1. The molecule has 0 radical (unpaired) electrons. The van der Waals surface area contributed by atoms with Gasteiger partial charge in [-0.1, -0.05) is 6.07 Å². The van der Waals surface area contributed by atoms with Gasteiger partial charge in [0, 0.05) is 6.07 Å². The van der Waals surface area contributed by atoms with Gasteiger partial charge in [-0.15, -0.1) is 0 Å². The Morgan fingerprint density at radius 3 is 2.33 bits per heavy atom. The Morgan fingerprint density at radius 2 is 1.92 bits per heavy atom. The first kappa shape index (κ1) is 9.56. The number of rotatable bonds is 0. The lowest BCUT2D eigenvalue weighted by Gasteiger charge is -2.08. The second kappa shape index (κ2) is 3.08. The lowest BCUT2D eigenvalue weighted by Crippen LogP contribution is -2.20. The van der Waals surface area contributed by atoms with Gasteiger partial charge in [0.05, 0.1) is 22.9 Å². The predicted octanol–water partition coefficient (Wildman–Crippen LogP) is 2.07. The van der Waals surface area contributed by atoms with E-state index in [-0.39, 0.29) is 0 Å². The highest BCUT2D eigenvalue weighted by molar-refractivity contribution is 14.1. The third-order valence-electron chi connectivity index (χ3n) is 1.19. The smallest absolute Gasteiger partial charge is 0.269 e. The fourth-order valence-corrected chi connectivity index (χ4v) is 1.27. The van der Waals surface area contributed by atoms with Gasteiger partial charge in [0.25, 0.3) is 5.56 Å². The van der Waals surface area contributed by atoms with Gasteiger partial charge < -0.3 is 0 Å². The van der Waals surface area contributed by atoms with Crippen LogP contribution in [0.2, 0.25) is 0 Å². The van der Waals surface area contributed by atoms with Gasteiger partial charge in [0.2, 0.25) is 0 Å². The van der Waals surface area contributed by atoms with E-state index in [0.717, 1.165) is 18.2 Å². The molecule has 6 heteroatoms. The number of aromatic nitrogens is 1. The van der Waals surface area contributed by atoms with Gasteiger partial charge in [-0.2, -0.15) is 13.2 Å². The molecule has 0 aromatic carbocycles. The molecule has 0 fully saturated rings. The highest BCUT2D eigenvalue weighted by Crippen LogP contribution is 2.28. The maximum atomic E-state index is 12.1. The molecule has 66 valence electrons. The Hall–Kier alpha value is -0.530. The van der Waals surface area contributed by atoms with Crippen molar-refractivity contribution in [3.63, 3.8) is 0 Å². The summed E-state index contributed by atoms with van der Waals surface area (Å²) in [6.07, 6.45) is -4.47. The van der Waals surface area contributed by atoms with Crippen LogP contribution < -0.4 is 5.56 Å². The van der Waals surface area contributed by atoms with Gasteiger partial charge >= 0.3 is 6.18 Å². The van der Waals surface area contributed by atoms with Gasteiger partial charge in [-0.25, -0.2) is 2.78 Å². The van der Waals surface area contributed by atoms with E-state index < -0.39 is 17.4 Å². The van der Waals surface area contributed by atoms with Crippen LogP contribution in [0.4, 0.5) is 13.2 Å². The molecule has 0 aliphatic rings. The molecule has 1 aromatic heterocycles. The van der Waals surface area contributed by atoms with Crippen LogP contribution >= 0.6 is 22.9 Å². The van der Waals surface area contributed by atoms with E-state index in [1.807, 2.05) is 0 Å². The lowest BCUT2D eigenvalue weighted by atomic mass is 10.3. The molecule has 0 N–H and O–H groups in total. The molecule has 2 nitrogen and oxygen atoms in total. The second-order valence-corrected chi connectivity index (χ2v) is 2.99. The van der Waals surface area contributed by atoms with Crippen molar-refractivity contribution < 1.29 is 13.2 Å². The van der Waals surface area contributed by atoms with E-state index in [1.165, 1.54) is 22.9 Å². The van der Waals surface area contributed by atoms with Crippen LogP contribution in [0.15, 0.2) is 23.0 Å².